The summed E-state index contributed by atoms with van der Waals surface area (Å²) in [6.45, 7) is 6.53. The van der Waals surface area contributed by atoms with E-state index in [1.165, 1.54) is 0 Å². The van der Waals surface area contributed by atoms with Gasteiger partial charge in [0.05, 0.1) is 11.0 Å². The van der Waals surface area contributed by atoms with E-state index in [4.69, 9.17) is 9.47 Å². The Morgan fingerprint density at radius 2 is 1.93 bits per heavy atom. The molecule has 1 aliphatic heterocycles. The highest BCUT2D eigenvalue weighted by Gasteiger charge is 2.30. The summed E-state index contributed by atoms with van der Waals surface area (Å²) < 4.78 is 26.4. The SMILES string of the molecule is CC(C)(C)OC(=O)N1CCc2c(F)c(Br)cc(OCc3ccccc3)c2C1. The zero-order chi connectivity index (χ0) is 19.6. The molecule has 0 unspecified atom stereocenters. The lowest BCUT2D eigenvalue weighted by Gasteiger charge is -2.32. The molecule has 144 valence electrons. The predicted octanol–water partition coefficient (Wildman–Crippen LogP) is 5.46. The summed E-state index contributed by atoms with van der Waals surface area (Å²) in [4.78, 5) is 14.0. The molecule has 0 spiro atoms. The highest BCUT2D eigenvalue weighted by atomic mass is 79.9. The van der Waals surface area contributed by atoms with Crippen LogP contribution in [0.1, 0.15) is 37.5 Å². The molecule has 1 heterocycles. The van der Waals surface area contributed by atoms with Crippen LogP contribution in [-0.2, 0) is 24.3 Å². The summed E-state index contributed by atoms with van der Waals surface area (Å²) in [7, 11) is 0. The molecule has 1 amide bonds. The van der Waals surface area contributed by atoms with Crippen LogP contribution in [0.15, 0.2) is 40.9 Å². The standard InChI is InChI=1S/C21H23BrFNO3/c1-21(2,3)27-20(25)24-10-9-15-16(12-24)18(11-17(22)19(15)23)26-13-14-7-5-4-6-8-14/h4-8,11H,9-10,12-13H2,1-3H3. The van der Waals surface area contributed by atoms with E-state index in [2.05, 4.69) is 15.9 Å². The molecule has 0 atom stereocenters. The Hall–Kier alpha value is -2.08. The molecule has 4 nitrogen and oxygen atoms in total. The van der Waals surface area contributed by atoms with Crippen molar-refractivity contribution in [2.75, 3.05) is 6.54 Å². The number of hydrogen-bond acceptors (Lipinski definition) is 3. The molecule has 0 radical (unpaired) electrons. The van der Waals surface area contributed by atoms with Crippen molar-refractivity contribution >= 4 is 22.0 Å². The molecule has 3 rings (SSSR count). The van der Waals surface area contributed by atoms with E-state index >= 15 is 0 Å². The molecule has 0 aromatic heterocycles. The number of hydrogen-bond donors (Lipinski definition) is 0. The minimum Gasteiger partial charge on any atom is -0.488 e. The van der Waals surface area contributed by atoms with Crippen LogP contribution in [0.4, 0.5) is 9.18 Å². The van der Waals surface area contributed by atoms with Crippen molar-refractivity contribution in [3.05, 3.63) is 63.4 Å². The summed E-state index contributed by atoms with van der Waals surface area (Å²) in [6, 6.07) is 11.4. The number of fused-ring (bicyclic) bond motifs is 1. The molecule has 27 heavy (non-hydrogen) atoms. The van der Waals surface area contributed by atoms with E-state index in [0.717, 1.165) is 5.56 Å². The van der Waals surface area contributed by atoms with Gasteiger partial charge in [0.25, 0.3) is 0 Å². The van der Waals surface area contributed by atoms with Crippen molar-refractivity contribution in [2.24, 2.45) is 0 Å². The highest BCUT2D eigenvalue weighted by Crippen LogP contribution is 2.35. The normalized spacial score (nSPS) is 13.9. The van der Waals surface area contributed by atoms with Crippen molar-refractivity contribution in [1.82, 2.24) is 4.90 Å². The fraction of sp³-hybridized carbons (Fsp3) is 0.381. The molecular formula is C21H23BrFNO3. The molecule has 0 saturated carbocycles. The van der Waals surface area contributed by atoms with Crippen LogP contribution >= 0.6 is 15.9 Å². The van der Waals surface area contributed by atoms with Gasteiger partial charge in [-0.05, 0) is 60.3 Å². The van der Waals surface area contributed by atoms with Gasteiger partial charge in [-0.3, -0.25) is 0 Å². The minimum atomic E-state index is -0.574. The number of rotatable bonds is 3. The predicted molar refractivity (Wildman–Crippen MR) is 105 cm³/mol. The first kappa shape index (κ1) is 19.7. The van der Waals surface area contributed by atoms with Crippen LogP contribution in [0.5, 0.6) is 5.75 Å². The Kier molecular flexibility index (Phi) is 5.75. The number of ether oxygens (including phenoxy) is 2. The van der Waals surface area contributed by atoms with Gasteiger partial charge in [-0.2, -0.15) is 0 Å². The minimum absolute atomic E-state index is 0.262. The Balaban J connectivity index is 1.84. The molecule has 0 N–H and O–H groups in total. The summed E-state index contributed by atoms with van der Waals surface area (Å²) in [5.41, 5.74) is 1.73. The molecule has 2 aromatic carbocycles. The molecule has 6 heteroatoms. The Morgan fingerprint density at radius 1 is 1.22 bits per heavy atom. The molecule has 0 saturated heterocycles. The number of benzene rings is 2. The van der Waals surface area contributed by atoms with E-state index < -0.39 is 11.7 Å². The topological polar surface area (TPSA) is 38.8 Å². The van der Waals surface area contributed by atoms with Crippen molar-refractivity contribution in [3.63, 3.8) is 0 Å². The van der Waals surface area contributed by atoms with Gasteiger partial charge in [-0.1, -0.05) is 30.3 Å². The molecule has 0 aliphatic carbocycles. The molecular weight excluding hydrogens is 413 g/mol. The van der Waals surface area contributed by atoms with Gasteiger partial charge in [-0.15, -0.1) is 0 Å². The first-order valence-corrected chi connectivity index (χ1v) is 9.68. The summed E-state index contributed by atoms with van der Waals surface area (Å²) in [6.07, 6.45) is 0.0205. The average Bonchev–Trinajstić information content (AvgIpc) is 2.62. The first-order valence-electron chi connectivity index (χ1n) is 8.89. The van der Waals surface area contributed by atoms with Gasteiger partial charge in [-0.25, -0.2) is 9.18 Å². The van der Waals surface area contributed by atoms with Gasteiger partial charge in [0.15, 0.2) is 0 Å². The van der Waals surface area contributed by atoms with Crippen molar-refractivity contribution < 1.29 is 18.7 Å². The lowest BCUT2D eigenvalue weighted by molar-refractivity contribution is 0.0220. The van der Waals surface area contributed by atoms with Crippen LogP contribution in [0.25, 0.3) is 0 Å². The van der Waals surface area contributed by atoms with Crippen molar-refractivity contribution in [2.45, 2.75) is 45.9 Å². The number of nitrogens with zero attached hydrogens (tertiary/aromatic N) is 1. The second-order valence-electron chi connectivity index (χ2n) is 7.55. The highest BCUT2D eigenvalue weighted by molar-refractivity contribution is 9.10. The zero-order valence-electron chi connectivity index (χ0n) is 15.7. The first-order chi connectivity index (χ1) is 12.7. The van der Waals surface area contributed by atoms with Crippen molar-refractivity contribution in [3.8, 4) is 5.75 Å². The molecule has 2 aromatic rings. The van der Waals surface area contributed by atoms with Crippen molar-refractivity contribution in [1.29, 1.82) is 0 Å². The average molecular weight is 436 g/mol. The van der Waals surface area contributed by atoms with E-state index in [1.54, 1.807) is 11.0 Å². The molecule has 0 bridgehead atoms. The van der Waals surface area contributed by atoms with Crippen LogP contribution in [0.3, 0.4) is 0 Å². The van der Waals surface area contributed by atoms with Gasteiger partial charge in [0.2, 0.25) is 0 Å². The lowest BCUT2D eigenvalue weighted by atomic mass is 9.98. The number of carbonyl (C=O) groups excluding carboxylic acids is 1. The Labute approximate surface area is 167 Å². The second-order valence-corrected chi connectivity index (χ2v) is 8.41. The number of halogens is 2. The van der Waals surface area contributed by atoms with E-state index in [0.29, 0.717) is 40.9 Å². The Morgan fingerprint density at radius 3 is 2.59 bits per heavy atom. The third-order valence-corrected chi connectivity index (χ3v) is 4.84. The van der Waals surface area contributed by atoms with E-state index in [-0.39, 0.29) is 12.4 Å². The van der Waals surface area contributed by atoms with E-state index in [9.17, 15) is 9.18 Å². The smallest absolute Gasteiger partial charge is 0.410 e. The molecule has 0 fully saturated rings. The van der Waals surface area contributed by atoms with Crippen LogP contribution in [0, 0.1) is 5.82 Å². The second kappa shape index (κ2) is 7.89. The fourth-order valence-corrected chi connectivity index (χ4v) is 3.44. The molecule has 1 aliphatic rings. The van der Waals surface area contributed by atoms with Gasteiger partial charge < -0.3 is 14.4 Å². The van der Waals surface area contributed by atoms with Gasteiger partial charge >= 0.3 is 6.09 Å². The van der Waals surface area contributed by atoms with Crippen LogP contribution in [-0.4, -0.2) is 23.1 Å². The zero-order valence-corrected chi connectivity index (χ0v) is 17.3. The fourth-order valence-electron chi connectivity index (χ4n) is 2.99. The summed E-state index contributed by atoms with van der Waals surface area (Å²) in [5, 5.41) is 0. The lowest BCUT2D eigenvalue weighted by Crippen LogP contribution is -2.40. The summed E-state index contributed by atoms with van der Waals surface area (Å²) in [5.74, 6) is 0.288. The van der Waals surface area contributed by atoms with Crippen LogP contribution < -0.4 is 4.74 Å². The van der Waals surface area contributed by atoms with Gasteiger partial charge in [0, 0.05) is 12.1 Å². The number of carbonyl (C=O) groups is 1. The third-order valence-electron chi connectivity index (χ3n) is 4.26. The van der Waals surface area contributed by atoms with Crippen LogP contribution in [0.2, 0.25) is 0 Å². The third kappa shape index (κ3) is 4.80. The van der Waals surface area contributed by atoms with E-state index in [1.807, 2.05) is 51.1 Å². The van der Waals surface area contributed by atoms with Gasteiger partial charge in [0.1, 0.15) is 23.8 Å². The summed E-state index contributed by atoms with van der Waals surface area (Å²) >= 11 is 3.27. The largest absolute Gasteiger partial charge is 0.488 e. The Bertz CT molecular complexity index is 834. The monoisotopic (exact) mass is 435 g/mol. The maximum Gasteiger partial charge on any atom is 0.410 e. The maximum atomic E-state index is 14.6. The number of amides is 1. The quantitative estimate of drug-likeness (QED) is 0.642. The maximum absolute atomic E-state index is 14.6.